The van der Waals surface area contributed by atoms with E-state index >= 15 is 0 Å². The van der Waals surface area contributed by atoms with Gasteiger partial charge in [0, 0.05) is 26.7 Å². The summed E-state index contributed by atoms with van der Waals surface area (Å²) in [5.74, 6) is -1.38. The Kier molecular flexibility index (Phi) is 5.24. The van der Waals surface area contributed by atoms with Gasteiger partial charge in [0.1, 0.15) is 0 Å². The normalized spacial score (nSPS) is 11.0. The lowest BCUT2D eigenvalue weighted by Gasteiger charge is -2.24. The Bertz CT molecular complexity index is 235. The number of carbonyl (C=O) groups excluding carboxylic acids is 2. The largest absolute Gasteiger partial charge is 0.389 e. The lowest BCUT2D eigenvalue weighted by atomic mass is 10.1. The standard InChI is InChI=1S/C9H19N3O3/c1-9(2,15)6-12(3)8(14)7(13)11-5-4-10/h15H,4-6,10H2,1-3H3,(H,11,13). The SMILES string of the molecule is CN(CC(C)(C)O)C(=O)C(=O)NCCN. The van der Waals surface area contributed by atoms with Crippen molar-refractivity contribution in [2.75, 3.05) is 26.7 Å². The minimum absolute atomic E-state index is 0.0991. The molecule has 0 saturated carbocycles. The van der Waals surface area contributed by atoms with Crippen LogP contribution in [0.4, 0.5) is 0 Å². The Labute approximate surface area is 89.4 Å². The number of nitrogens with one attached hydrogen (secondary N) is 1. The van der Waals surface area contributed by atoms with Crippen LogP contribution in [-0.2, 0) is 9.59 Å². The molecule has 0 radical (unpaired) electrons. The first-order valence-electron chi connectivity index (χ1n) is 4.73. The van der Waals surface area contributed by atoms with E-state index in [9.17, 15) is 14.7 Å². The van der Waals surface area contributed by atoms with Crippen LogP contribution in [0, 0.1) is 0 Å². The van der Waals surface area contributed by atoms with Crippen LogP contribution in [0.25, 0.3) is 0 Å². The van der Waals surface area contributed by atoms with E-state index in [1.807, 2.05) is 0 Å². The molecule has 0 aromatic heterocycles. The van der Waals surface area contributed by atoms with Crippen molar-refractivity contribution in [1.29, 1.82) is 0 Å². The molecule has 15 heavy (non-hydrogen) atoms. The van der Waals surface area contributed by atoms with E-state index in [1.165, 1.54) is 11.9 Å². The van der Waals surface area contributed by atoms with Crippen LogP contribution >= 0.6 is 0 Å². The predicted octanol–water partition coefficient (Wildman–Crippen LogP) is -1.71. The number of nitrogens with two attached hydrogens (primary N) is 1. The van der Waals surface area contributed by atoms with Gasteiger partial charge in [-0.3, -0.25) is 9.59 Å². The number of rotatable bonds is 4. The third kappa shape index (κ3) is 6.03. The first kappa shape index (κ1) is 13.9. The number of aliphatic hydroxyl groups is 1. The van der Waals surface area contributed by atoms with Gasteiger partial charge in [-0.05, 0) is 13.8 Å². The number of amides is 2. The van der Waals surface area contributed by atoms with Crippen molar-refractivity contribution in [2.45, 2.75) is 19.4 Å². The zero-order chi connectivity index (χ0) is 12.1. The highest BCUT2D eigenvalue weighted by molar-refractivity contribution is 6.34. The molecular formula is C9H19N3O3. The average molecular weight is 217 g/mol. The lowest BCUT2D eigenvalue weighted by molar-refractivity contribution is -0.146. The van der Waals surface area contributed by atoms with E-state index in [2.05, 4.69) is 5.32 Å². The highest BCUT2D eigenvalue weighted by atomic mass is 16.3. The highest BCUT2D eigenvalue weighted by Crippen LogP contribution is 2.02. The summed E-state index contributed by atoms with van der Waals surface area (Å²) in [5.41, 5.74) is 4.16. The second-order valence-corrected chi connectivity index (χ2v) is 4.02. The van der Waals surface area contributed by atoms with Crippen LogP contribution in [-0.4, -0.2) is 54.1 Å². The van der Waals surface area contributed by atoms with Crippen molar-refractivity contribution in [2.24, 2.45) is 5.73 Å². The topological polar surface area (TPSA) is 95.7 Å². The van der Waals surface area contributed by atoms with E-state index in [0.29, 0.717) is 0 Å². The van der Waals surface area contributed by atoms with Crippen molar-refractivity contribution in [1.82, 2.24) is 10.2 Å². The maximum absolute atomic E-state index is 11.4. The number of likely N-dealkylation sites (N-methyl/N-ethyl adjacent to an activating group) is 1. The van der Waals surface area contributed by atoms with E-state index in [-0.39, 0.29) is 19.6 Å². The first-order chi connectivity index (χ1) is 6.78. The quantitative estimate of drug-likeness (QED) is 0.489. The molecule has 0 aromatic carbocycles. The third-order valence-corrected chi connectivity index (χ3v) is 1.59. The second kappa shape index (κ2) is 5.67. The summed E-state index contributed by atoms with van der Waals surface area (Å²) in [7, 11) is 1.46. The third-order valence-electron chi connectivity index (χ3n) is 1.59. The van der Waals surface area contributed by atoms with Gasteiger partial charge in [0.15, 0.2) is 0 Å². The van der Waals surface area contributed by atoms with Gasteiger partial charge in [-0.2, -0.15) is 0 Å². The van der Waals surface area contributed by atoms with Gasteiger partial charge < -0.3 is 21.1 Å². The molecule has 6 nitrogen and oxygen atoms in total. The Morgan fingerprint density at radius 1 is 1.47 bits per heavy atom. The molecule has 0 rings (SSSR count). The summed E-state index contributed by atoms with van der Waals surface area (Å²) in [6, 6.07) is 0. The minimum atomic E-state index is -1.02. The number of hydrogen-bond acceptors (Lipinski definition) is 4. The molecule has 0 saturated heterocycles. The van der Waals surface area contributed by atoms with Crippen molar-refractivity contribution >= 4 is 11.8 Å². The molecule has 88 valence electrons. The van der Waals surface area contributed by atoms with E-state index < -0.39 is 17.4 Å². The summed E-state index contributed by atoms with van der Waals surface area (Å²) in [5, 5.41) is 11.8. The molecule has 0 aliphatic heterocycles. The van der Waals surface area contributed by atoms with Gasteiger partial charge in [0.2, 0.25) is 0 Å². The van der Waals surface area contributed by atoms with Gasteiger partial charge in [0.05, 0.1) is 5.60 Å². The van der Waals surface area contributed by atoms with Crippen LogP contribution < -0.4 is 11.1 Å². The van der Waals surface area contributed by atoms with Crippen LogP contribution in [0.5, 0.6) is 0 Å². The smallest absolute Gasteiger partial charge is 0.311 e. The maximum atomic E-state index is 11.4. The molecule has 0 aromatic rings. The lowest BCUT2D eigenvalue weighted by Crippen LogP contribution is -2.47. The van der Waals surface area contributed by atoms with E-state index in [1.54, 1.807) is 13.8 Å². The Morgan fingerprint density at radius 2 is 2.00 bits per heavy atom. The molecule has 0 unspecified atom stereocenters. The summed E-state index contributed by atoms with van der Waals surface area (Å²) in [6.07, 6.45) is 0. The van der Waals surface area contributed by atoms with Crippen LogP contribution in [0.1, 0.15) is 13.8 Å². The Morgan fingerprint density at radius 3 is 2.40 bits per heavy atom. The average Bonchev–Trinajstić information content (AvgIpc) is 2.10. The van der Waals surface area contributed by atoms with Gasteiger partial charge in [-0.15, -0.1) is 0 Å². The van der Waals surface area contributed by atoms with Gasteiger partial charge in [0.25, 0.3) is 0 Å². The van der Waals surface area contributed by atoms with Crippen LogP contribution in [0.2, 0.25) is 0 Å². The molecule has 2 amide bonds. The summed E-state index contributed by atoms with van der Waals surface area (Å²) >= 11 is 0. The van der Waals surface area contributed by atoms with Crippen molar-refractivity contribution < 1.29 is 14.7 Å². The zero-order valence-electron chi connectivity index (χ0n) is 9.41. The van der Waals surface area contributed by atoms with E-state index in [4.69, 9.17) is 5.73 Å². The van der Waals surface area contributed by atoms with Crippen LogP contribution in [0.15, 0.2) is 0 Å². The van der Waals surface area contributed by atoms with Crippen molar-refractivity contribution in [3.63, 3.8) is 0 Å². The fourth-order valence-corrected chi connectivity index (χ4v) is 1.09. The number of hydrogen-bond donors (Lipinski definition) is 3. The predicted molar refractivity (Wildman–Crippen MR) is 56.0 cm³/mol. The number of carbonyl (C=O) groups is 2. The molecule has 0 fully saturated rings. The fourth-order valence-electron chi connectivity index (χ4n) is 1.09. The fraction of sp³-hybridized carbons (Fsp3) is 0.778. The summed E-state index contributed by atoms with van der Waals surface area (Å²) in [6.45, 7) is 3.78. The van der Waals surface area contributed by atoms with Crippen LogP contribution in [0.3, 0.4) is 0 Å². The van der Waals surface area contributed by atoms with E-state index in [0.717, 1.165) is 0 Å². The summed E-state index contributed by atoms with van der Waals surface area (Å²) in [4.78, 5) is 23.8. The molecule has 4 N–H and O–H groups in total. The molecule has 0 aliphatic rings. The van der Waals surface area contributed by atoms with Gasteiger partial charge >= 0.3 is 11.8 Å². The van der Waals surface area contributed by atoms with Crippen molar-refractivity contribution in [3.8, 4) is 0 Å². The Hall–Kier alpha value is -1.14. The molecule has 0 atom stereocenters. The summed E-state index contributed by atoms with van der Waals surface area (Å²) < 4.78 is 0. The number of nitrogens with zero attached hydrogens (tertiary/aromatic N) is 1. The monoisotopic (exact) mass is 217 g/mol. The van der Waals surface area contributed by atoms with Gasteiger partial charge in [-0.25, -0.2) is 0 Å². The second-order valence-electron chi connectivity index (χ2n) is 4.02. The highest BCUT2D eigenvalue weighted by Gasteiger charge is 2.23. The van der Waals surface area contributed by atoms with Gasteiger partial charge in [-0.1, -0.05) is 0 Å². The molecule has 6 heteroatoms. The minimum Gasteiger partial charge on any atom is -0.389 e. The molecule has 0 spiro atoms. The molecule has 0 aliphatic carbocycles. The molecule has 0 heterocycles. The Balaban J connectivity index is 4.14. The molecular weight excluding hydrogens is 198 g/mol. The first-order valence-corrected chi connectivity index (χ1v) is 4.73. The zero-order valence-corrected chi connectivity index (χ0v) is 9.41. The molecule has 0 bridgehead atoms. The maximum Gasteiger partial charge on any atom is 0.311 e. The van der Waals surface area contributed by atoms with Crippen molar-refractivity contribution in [3.05, 3.63) is 0 Å².